The molecule has 0 spiro atoms. The highest BCUT2D eigenvalue weighted by Crippen LogP contribution is 2.36. The normalized spacial score (nSPS) is 24.2. The third kappa shape index (κ3) is 7.34. The van der Waals surface area contributed by atoms with Crippen molar-refractivity contribution in [3.8, 4) is 0 Å². The molecule has 5 rings (SSSR count). The molecule has 230 valence electrons. The van der Waals surface area contributed by atoms with Crippen molar-refractivity contribution in [2.75, 3.05) is 52.9 Å². The van der Waals surface area contributed by atoms with Crippen molar-refractivity contribution in [2.24, 2.45) is 0 Å². The van der Waals surface area contributed by atoms with Crippen molar-refractivity contribution in [1.29, 1.82) is 0 Å². The Balaban J connectivity index is 1.33. The van der Waals surface area contributed by atoms with Crippen LogP contribution in [0.3, 0.4) is 0 Å². The van der Waals surface area contributed by atoms with E-state index in [2.05, 4.69) is 21.7 Å². The standard InChI is InChI=1S/C33H44F4N4O/c1-32(2,34)26-20-25(21-27(22-26)33(35,36)37)31(42)41-14-11-29(23-30(41)19-24-7-5-4-6-8-24)40-17-15-39(16-18-40)28-9-12-38(3)13-10-28/h4-8,20-22,28-30H,9-19,23H2,1-3H3. The zero-order valence-corrected chi connectivity index (χ0v) is 25.0. The summed E-state index contributed by atoms with van der Waals surface area (Å²) in [6.07, 6.45) is -0.0948. The molecule has 0 N–H and O–H groups in total. The number of likely N-dealkylation sites (tertiary alicyclic amines) is 2. The fraction of sp³-hybridized carbons (Fsp3) is 0.606. The maximum atomic E-state index is 14.9. The average Bonchev–Trinajstić information content (AvgIpc) is 2.97. The van der Waals surface area contributed by atoms with Gasteiger partial charge < -0.3 is 9.80 Å². The second-order valence-electron chi connectivity index (χ2n) is 12.9. The number of nitrogens with zero attached hydrogens (tertiary/aromatic N) is 4. The smallest absolute Gasteiger partial charge is 0.335 e. The zero-order valence-electron chi connectivity index (χ0n) is 25.0. The summed E-state index contributed by atoms with van der Waals surface area (Å²) < 4.78 is 56.2. The maximum Gasteiger partial charge on any atom is 0.416 e. The number of carbonyl (C=O) groups excluding carboxylic acids is 1. The van der Waals surface area contributed by atoms with Gasteiger partial charge in [0.05, 0.1) is 5.56 Å². The molecule has 1 amide bonds. The van der Waals surface area contributed by atoms with Gasteiger partial charge in [-0.05, 0) is 95.4 Å². The van der Waals surface area contributed by atoms with Gasteiger partial charge in [-0.1, -0.05) is 30.3 Å². The van der Waals surface area contributed by atoms with Gasteiger partial charge in [-0.2, -0.15) is 13.2 Å². The van der Waals surface area contributed by atoms with E-state index in [0.29, 0.717) is 25.0 Å². The Morgan fingerprint density at radius 3 is 1.95 bits per heavy atom. The van der Waals surface area contributed by atoms with Gasteiger partial charge in [-0.3, -0.25) is 14.6 Å². The predicted octanol–water partition coefficient (Wildman–Crippen LogP) is 5.84. The van der Waals surface area contributed by atoms with Crippen LogP contribution in [0.1, 0.15) is 66.6 Å². The first-order valence-corrected chi connectivity index (χ1v) is 15.3. The van der Waals surface area contributed by atoms with Crippen molar-refractivity contribution in [1.82, 2.24) is 19.6 Å². The Morgan fingerprint density at radius 1 is 0.786 bits per heavy atom. The molecule has 5 nitrogen and oxygen atoms in total. The Kier molecular flexibility index (Phi) is 9.30. The lowest BCUT2D eigenvalue weighted by molar-refractivity contribution is -0.137. The molecule has 0 radical (unpaired) electrons. The van der Waals surface area contributed by atoms with E-state index in [4.69, 9.17) is 0 Å². The molecule has 9 heteroatoms. The Morgan fingerprint density at radius 2 is 1.36 bits per heavy atom. The molecule has 3 saturated heterocycles. The first kappa shape index (κ1) is 31.0. The summed E-state index contributed by atoms with van der Waals surface area (Å²) in [6.45, 7) is 9.26. The van der Waals surface area contributed by atoms with Gasteiger partial charge in [0, 0.05) is 56.4 Å². The van der Waals surface area contributed by atoms with Crippen LogP contribution in [0.5, 0.6) is 0 Å². The Hall–Kier alpha value is -2.49. The van der Waals surface area contributed by atoms with E-state index in [-0.39, 0.29) is 17.2 Å². The van der Waals surface area contributed by atoms with E-state index in [1.54, 1.807) is 4.90 Å². The lowest BCUT2D eigenvalue weighted by Gasteiger charge is -2.48. The highest BCUT2D eigenvalue weighted by molar-refractivity contribution is 5.95. The zero-order chi connectivity index (χ0) is 30.1. The summed E-state index contributed by atoms with van der Waals surface area (Å²) in [5.74, 6) is -0.460. The molecule has 2 aromatic rings. The highest BCUT2D eigenvalue weighted by atomic mass is 19.4. The number of carbonyl (C=O) groups is 1. The van der Waals surface area contributed by atoms with Crippen LogP contribution in [0.25, 0.3) is 0 Å². The fourth-order valence-electron chi connectivity index (χ4n) is 6.96. The molecule has 0 saturated carbocycles. The highest BCUT2D eigenvalue weighted by Gasteiger charge is 2.39. The maximum absolute atomic E-state index is 14.9. The van der Waals surface area contributed by atoms with E-state index in [1.165, 1.54) is 32.8 Å². The van der Waals surface area contributed by atoms with E-state index < -0.39 is 23.3 Å². The van der Waals surface area contributed by atoms with Crippen molar-refractivity contribution in [3.63, 3.8) is 0 Å². The number of halogens is 4. The molecule has 3 heterocycles. The van der Waals surface area contributed by atoms with Crippen molar-refractivity contribution in [3.05, 3.63) is 70.8 Å². The van der Waals surface area contributed by atoms with Gasteiger partial charge in [0.1, 0.15) is 5.67 Å². The van der Waals surface area contributed by atoms with E-state index in [9.17, 15) is 22.4 Å². The van der Waals surface area contributed by atoms with Crippen LogP contribution in [0.15, 0.2) is 48.5 Å². The summed E-state index contributed by atoms with van der Waals surface area (Å²) in [5, 5.41) is 0. The molecule has 2 unspecified atom stereocenters. The number of benzene rings is 2. The van der Waals surface area contributed by atoms with Crippen LogP contribution in [0.4, 0.5) is 17.6 Å². The Labute approximate surface area is 247 Å². The van der Waals surface area contributed by atoms with Gasteiger partial charge in [0.15, 0.2) is 0 Å². The van der Waals surface area contributed by atoms with Crippen molar-refractivity contribution >= 4 is 5.91 Å². The topological polar surface area (TPSA) is 30.0 Å². The van der Waals surface area contributed by atoms with Gasteiger partial charge in [-0.25, -0.2) is 4.39 Å². The minimum Gasteiger partial charge on any atom is -0.335 e. The number of alkyl halides is 4. The molecule has 3 fully saturated rings. The summed E-state index contributed by atoms with van der Waals surface area (Å²) in [5.41, 5.74) is -2.16. The molecule has 3 aliphatic heterocycles. The number of piperidine rings is 2. The second-order valence-corrected chi connectivity index (χ2v) is 12.9. The lowest BCUT2D eigenvalue weighted by atomic mass is 9.89. The van der Waals surface area contributed by atoms with Crippen LogP contribution >= 0.6 is 0 Å². The fourth-order valence-corrected chi connectivity index (χ4v) is 6.96. The molecule has 0 bridgehead atoms. The first-order chi connectivity index (χ1) is 19.9. The number of amides is 1. The number of rotatable bonds is 6. The van der Waals surface area contributed by atoms with Gasteiger partial charge in [0.2, 0.25) is 0 Å². The summed E-state index contributed by atoms with van der Waals surface area (Å²) in [7, 11) is 2.19. The quantitative estimate of drug-likeness (QED) is 0.397. The van der Waals surface area contributed by atoms with Crippen LogP contribution in [0.2, 0.25) is 0 Å². The van der Waals surface area contributed by atoms with Crippen molar-refractivity contribution < 1.29 is 22.4 Å². The molecule has 3 aliphatic rings. The molecule has 42 heavy (non-hydrogen) atoms. The predicted molar refractivity (Wildman–Crippen MR) is 157 cm³/mol. The monoisotopic (exact) mass is 588 g/mol. The van der Waals surface area contributed by atoms with Crippen LogP contribution in [-0.4, -0.2) is 96.5 Å². The third-order valence-corrected chi connectivity index (χ3v) is 9.53. The first-order valence-electron chi connectivity index (χ1n) is 15.3. The molecule has 0 aliphatic carbocycles. The second kappa shape index (κ2) is 12.6. The van der Waals surface area contributed by atoms with Crippen molar-refractivity contribution in [2.45, 2.75) is 75.9 Å². The molecule has 2 atom stereocenters. The van der Waals surface area contributed by atoms with Gasteiger partial charge in [-0.15, -0.1) is 0 Å². The lowest BCUT2D eigenvalue weighted by Crippen LogP contribution is -2.58. The molecule has 0 aromatic heterocycles. The molecule has 2 aromatic carbocycles. The minimum atomic E-state index is -4.68. The van der Waals surface area contributed by atoms with E-state index in [1.807, 2.05) is 30.3 Å². The minimum absolute atomic E-state index is 0.103. The molecular formula is C33H44F4N4O. The van der Waals surface area contributed by atoms with E-state index in [0.717, 1.165) is 69.8 Å². The summed E-state index contributed by atoms with van der Waals surface area (Å²) >= 11 is 0. The van der Waals surface area contributed by atoms with E-state index >= 15 is 0 Å². The SMILES string of the molecule is CN1CCC(N2CCN(C3CCN(C(=O)c4cc(C(C)(C)F)cc(C(F)(F)F)c4)C(Cc4ccccc4)C3)CC2)CC1. The van der Waals surface area contributed by atoms with Crippen LogP contribution in [0, 0.1) is 0 Å². The van der Waals surface area contributed by atoms with Gasteiger partial charge >= 0.3 is 6.18 Å². The van der Waals surface area contributed by atoms with Gasteiger partial charge in [0.25, 0.3) is 5.91 Å². The number of piperazine rings is 1. The number of hydrogen-bond acceptors (Lipinski definition) is 4. The van der Waals surface area contributed by atoms with Crippen LogP contribution < -0.4 is 0 Å². The number of hydrogen-bond donors (Lipinski definition) is 0. The summed E-state index contributed by atoms with van der Waals surface area (Å²) in [6, 6.07) is 13.7. The third-order valence-electron chi connectivity index (χ3n) is 9.53. The molecular weight excluding hydrogens is 544 g/mol. The average molecular weight is 589 g/mol. The van der Waals surface area contributed by atoms with Crippen LogP contribution in [-0.2, 0) is 18.3 Å². The Bertz CT molecular complexity index is 1170. The largest absolute Gasteiger partial charge is 0.416 e. The summed E-state index contributed by atoms with van der Waals surface area (Å²) in [4.78, 5) is 23.2.